The van der Waals surface area contributed by atoms with Gasteiger partial charge in [0.1, 0.15) is 25.1 Å². The molecule has 0 spiro atoms. The van der Waals surface area contributed by atoms with Gasteiger partial charge in [-0.05, 0) is 40.3 Å². The van der Waals surface area contributed by atoms with Gasteiger partial charge in [0, 0.05) is 6.20 Å². The van der Waals surface area contributed by atoms with E-state index in [0.29, 0.717) is 17.9 Å². The first kappa shape index (κ1) is 16.6. The highest BCUT2D eigenvalue weighted by Gasteiger charge is 2.39. The van der Waals surface area contributed by atoms with Gasteiger partial charge in [-0.2, -0.15) is 0 Å². The molecule has 1 atom stereocenters. The predicted octanol–water partition coefficient (Wildman–Crippen LogP) is 3.60. The van der Waals surface area contributed by atoms with Gasteiger partial charge >= 0.3 is 0 Å². The molecule has 0 aliphatic carbocycles. The Morgan fingerprint density at radius 3 is 2.88 bits per heavy atom. The lowest BCUT2D eigenvalue weighted by Crippen LogP contribution is -2.38. The van der Waals surface area contributed by atoms with Crippen molar-refractivity contribution in [3.05, 3.63) is 28.6 Å². The second-order valence-electron chi connectivity index (χ2n) is 5.55. The maximum absolute atomic E-state index is 14.3. The lowest BCUT2D eigenvalue weighted by molar-refractivity contribution is 0.106. The molecule has 0 saturated carbocycles. The minimum atomic E-state index is -2.63. The lowest BCUT2D eigenvalue weighted by atomic mass is 10.2. The van der Waals surface area contributed by atoms with Crippen LogP contribution in [0.4, 0.5) is 19.0 Å². The van der Waals surface area contributed by atoms with Crippen LogP contribution in [0.25, 0.3) is 11.4 Å². The fourth-order valence-electron chi connectivity index (χ4n) is 2.88. The van der Waals surface area contributed by atoms with Crippen molar-refractivity contribution in [1.82, 2.24) is 9.55 Å². The number of hydrogen-bond donors (Lipinski definition) is 0. The largest absolute Gasteiger partial charge is 0.488 e. The fourth-order valence-corrected chi connectivity index (χ4v) is 3.49. The van der Waals surface area contributed by atoms with Gasteiger partial charge in [-0.25, -0.2) is 18.2 Å². The maximum Gasteiger partial charge on any atom is 0.265 e. The van der Waals surface area contributed by atoms with Crippen molar-refractivity contribution in [2.24, 2.45) is 0 Å². The minimum Gasteiger partial charge on any atom is -0.488 e. The zero-order valence-corrected chi connectivity index (χ0v) is 15.0. The highest BCUT2D eigenvalue weighted by molar-refractivity contribution is 9.10. The lowest BCUT2D eigenvalue weighted by Gasteiger charge is -2.19. The molecule has 1 fully saturated rings. The molecule has 132 valence electrons. The number of alkyl halides is 2. The Labute approximate surface area is 154 Å². The van der Waals surface area contributed by atoms with Gasteiger partial charge in [-0.15, -0.1) is 0 Å². The Morgan fingerprint density at radius 2 is 2.12 bits per heavy atom. The predicted molar refractivity (Wildman–Crippen MR) is 91.6 cm³/mol. The van der Waals surface area contributed by atoms with E-state index in [9.17, 15) is 13.2 Å². The van der Waals surface area contributed by atoms with Crippen molar-refractivity contribution in [2.45, 2.75) is 19.0 Å². The third kappa shape index (κ3) is 2.67. The number of fused-ring (bicyclic) bond motifs is 3. The van der Waals surface area contributed by atoms with E-state index in [1.165, 1.54) is 4.90 Å². The Hall–Kier alpha value is -1.81. The topological polar surface area (TPSA) is 39.5 Å². The third-order valence-corrected chi connectivity index (χ3v) is 5.00. The molecule has 10 heteroatoms. The summed E-state index contributed by atoms with van der Waals surface area (Å²) >= 11 is 8.16. The molecule has 0 amide bonds. The molecular formula is C15H11BrF3N3O2S. The maximum atomic E-state index is 14.3. The molecule has 1 saturated heterocycles. The van der Waals surface area contributed by atoms with Gasteiger partial charge < -0.3 is 14.0 Å². The number of hydrogen-bond acceptors (Lipinski definition) is 4. The van der Waals surface area contributed by atoms with Crippen molar-refractivity contribution in [3.8, 4) is 17.1 Å². The van der Waals surface area contributed by atoms with Crippen LogP contribution in [0, 0.1) is 5.82 Å². The Balaban J connectivity index is 1.82. The first-order valence-corrected chi connectivity index (χ1v) is 8.60. The second kappa shape index (κ2) is 6.17. The molecule has 4 rings (SSSR count). The Morgan fingerprint density at radius 1 is 1.32 bits per heavy atom. The normalized spacial score (nSPS) is 19.3. The summed E-state index contributed by atoms with van der Waals surface area (Å²) < 4.78 is 53.4. The molecule has 1 aromatic carbocycles. The number of nitrogens with zero attached hydrogens (tertiary/aromatic N) is 3. The Kier molecular flexibility index (Phi) is 4.11. The van der Waals surface area contributed by atoms with Crippen LogP contribution in [0.5, 0.6) is 5.75 Å². The van der Waals surface area contributed by atoms with E-state index >= 15 is 0 Å². The summed E-state index contributed by atoms with van der Waals surface area (Å²) in [6.07, 6.45) is -1.03. The van der Waals surface area contributed by atoms with Gasteiger partial charge in [-0.1, -0.05) is 0 Å². The number of imidazole rings is 1. The molecule has 2 aliphatic heterocycles. The van der Waals surface area contributed by atoms with Gasteiger partial charge in [0.15, 0.2) is 17.4 Å². The van der Waals surface area contributed by atoms with E-state index in [0.717, 1.165) is 0 Å². The van der Waals surface area contributed by atoms with Crippen molar-refractivity contribution >= 4 is 39.1 Å². The molecule has 0 bridgehead atoms. The summed E-state index contributed by atoms with van der Waals surface area (Å²) in [6.45, 7) is 0.428. The number of anilines is 1. The quantitative estimate of drug-likeness (QED) is 0.676. The van der Waals surface area contributed by atoms with E-state index < -0.39 is 18.3 Å². The van der Waals surface area contributed by atoms with Crippen LogP contribution in [-0.4, -0.2) is 40.4 Å². The van der Waals surface area contributed by atoms with Crippen molar-refractivity contribution in [3.63, 3.8) is 0 Å². The smallest absolute Gasteiger partial charge is 0.265 e. The summed E-state index contributed by atoms with van der Waals surface area (Å²) in [4.78, 5) is 5.62. The molecule has 0 unspecified atom stereocenters. The molecule has 3 heterocycles. The van der Waals surface area contributed by atoms with Crippen molar-refractivity contribution in [2.75, 3.05) is 18.1 Å². The van der Waals surface area contributed by atoms with E-state index in [1.807, 2.05) is 0 Å². The third-order valence-electron chi connectivity index (χ3n) is 4.08. The average molecular weight is 434 g/mol. The van der Waals surface area contributed by atoms with Gasteiger partial charge in [-0.3, -0.25) is 4.90 Å². The summed E-state index contributed by atoms with van der Waals surface area (Å²) in [5.41, 5.74) is 0.448. The number of aromatic nitrogens is 2. The van der Waals surface area contributed by atoms with Gasteiger partial charge in [0.25, 0.3) is 11.6 Å². The molecule has 0 radical (unpaired) electrons. The molecule has 2 aliphatic rings. The SMILES string of the molecule is Fc1c(Br)ccc2c1OCCn1cc(N3C(=S)OC[C@H]3C(F)F)nc1-2. The zero-order valence-electron chi connectivity index (χ0n) is 12.6. The van der Waals surface area contributed by atoms with Gasteiger partial charge in [0.2, 0.25) is 0 Å². The van der Waals surface area contributed by atoms with E-state index in [2.05, 4.69) is 20.9 Å². The average Bonchev–Trinajstić information content (AvgIpc) is 3.11. The highest BCUT2D eigenvalue weighted by atomic mass is 79.9. The Bertz CT molecular complexity index is 861. The minimum absolute atomic E-state index is 0.0444. The van der Waals surface area contributed by atoms with Crippen LogP contribution in [-0.2, 0) is 11.3 Å². The van der Waals surface area contributed by atoms with Crippen LogP contribution in [0.3, 0.4) is 0 Å². The molecule has 0 N–H and O–H groups in total. The number of thiocarbonyl (C=S) groups is 1. The summed E-state index contributed by atoms with van der Waals surface area (Å²) in [5.74, 6) is 0.229. The van der Waals surface area contributed by atoms with Crippen molar-refractivity contribution < 1.29 is 22.6 Å². The second-order valence-corrected chi connectivity index (χ2v) is 6.75. The van der Waals surface area contributed by atoms with Crippen LogP contribution < -0.4 is 9.64 Å². The summed E-state index contributed by atoms with van der Waals surface area (Å²) in [5, 5.41) is -0.0444. The first-order chi connectivity index (χ1) is 12.0. The van der Waals surface area contributed by atoms with Gasteiger partial charge in [0.05, 0.1) is 16.6 Å². The summed E-state index contributed by atoms with van der Waals surface area (Å²) in [7, 11) is 0. The highest BCUT2D eigenvalue weighted by Crippen LogP contribution is 2.39. The number of ether oxygens (including phenoxy) is 2. The van der Waals surface area contributed by atoms with Crippen molar-refractivity contribution in [1.29, 1.82) is 0 Å². The van der Waals surface area contributed by atoms with Crippen LogP contribution in [0.1, 0.15) is 0 Å². The number of benzene rings is 1. The van der Waals surface area contributed by atoms with E-state index in [-0.39, 0.29) is 34.4 Å². The van der Waals surface area contributed by atoms with Crippen LogP contribution in [0.15, 0.2) is 22.8 Å². The monoisotopic (exact) mass is 433 g/mol. The van der Waals surface area contributed by atoms with E-state index in [1.54, 1.807) is 22.9 Å². The molecule has 5 nitrogen and oxygen atoms in total. The first-order valence-electron chi connectivity index (χ1n) is 7.40. The summed E-state index contributed by atoms with van der Waals surface area (Å²) in [6, 6.07) is 2.02. The van der Waals surface area contributed by atoms with Crippen LogP contribution >= 0.6 is 28.1 Å². The van der Waals surface area contributed by atoms with E-state index in [4.69, 9.17) is 21.7 Å². The molecule has 2 aromatic rings. The standard InChI is InChI=1S/C15H11BrF3N3O2S/c16-8-2-1-7-12(11(8)17)23-4-3-21-5-10(20-14(7)21)22-9(13(18)19)6-24-15(22)25/h1-2,5,9,13H,3-4,6H2/t9-/m0/s1. The fraction of sp³-hybridized carbons (Fsp3) is 0.333. The molecule has 25 heavy (non-hydrogen) atoms. The number of halogens is 4. The number of rotatable bonds is 2. The molecule has 1 aromatic heterocycles. The molecular weight excluding hydrogens is 423 g/mol. The van der Waals surface area contributed by atoms with Crippen LogP contribution in [0.2, 0.25) is 0 Å². The zero-order chi connectivity index (χ0) is 17.7.